The van der Waals surface area contributed by atoms with E-state index in [2.05, 4.69) is 10.6 Å². The molecular formula is C17H18ClN3O3. The van der Waals surface area contributed by atoms with E-state index >= 15 is 0 Å². The Hall–Kier alpha value is -2.60. The van der Waals surface area contributed by atoms with Gasteiger partial charge in [-0.2, -0.15) is 0 Å². The minimum Gasteiger partial charge on any atom is -0.380 e. The Morgan fingerprint density at radius 3 is 2.38 bits per heavy atom. The summed E-state index contributed by atoms with van der Waals surface area (Å²) in [4.78, 5) is 23.1. The Labute approximate surface area is 145 Å². The summed E-state index contributed by atoms with van der Waals surface area (Å²) in [6, 6.07) is 10.9. The normalized spacial score (nSPS) is 11.0. The van der Waals surface area contributed by atoms with Crippen LogP contribution >= 0.6 is 11.6 Å². The molecule has 0 bridgehead atoms. The smallest absolute Gasteiger partial charge is 0.270 e. The van der Waals surface area contributed by atoms with Crippen LogP contribution in [-0.4, -0.2) is 16.4 Å². The number of nitro benzene ring substituents is 1. The molecule has 0 aliphatic carbocycles. The first kappa shape index (κ1) is 17.7. The lowest BCUT2D eigenvalue weighted by Crippen LogP contribution is -2.28. The minimum atomic E-state index is -0.535. The average molecular weight is 348 g/mol. The molecule has 0 aromatic heterocycles. The van der Waals surface area contributed by atoms with Gasteiger partial charge in [-0.1, -0.05) is 23.7 Å². The van der Waals surface area contributed by atoms with Gasteiger partial charge in [-0.15, -0.1) is 0 Å². The van der Waals surface area contributed by atoms with Crippen LogP contribution in [0, 0.1) is 10.1 Å². The van der Waals surface area contributed by atoms with Gasteiger partial charge >= 0.3 is 0 Å². The van der Waals surface area contributed by atoms with Crippen molar-refractivity contribution in [2.75, 3.05) is 10.6 Å². The molecule has 0 unspecified atom stereocenters. The summed E-state index contributed by atoms with van der Waals surface area (Å²) in [7, 11) is 0. The number of hydrogen-bond acceptors (Lipinski definition) is 4. The van der Waals surface area contributed by atoms with Crippen molar-refractivity contribution >= 4 is 34.6 Å². The molecule has 24 heavy (non-hydrogen) atoms. The number of halogens is 1. The fraction of sp³-hybridized carbons (Fsp3) is 0.235. The maximum absolute atomic E-state index is 12.6. The topological polar surface area (TPSA) is 84.3 Å². The van der Waals surface area contributed by atoms with Gasteiger partial charge in [-0.25, -0.2) is 0 Å². The quantitative estimate of drug-likeness (QED) is 0.619. The summed E-state index contributed by atoms with van der Waals surface area (Å²) in [5.41, 5.74) is 0.670. The second-order valence-electron chi connectivity index (χ2n) is 6.30. The predicted octanol–water partition coefficient (Wildman–Crippen LogP) is 4.71. The summed E-state index contributed by atoms with van der Waals surface area (Å²) in [6.45, 7) is 5.80. The van der Waals surface area contributed by atoms with Crippen molar-refractivity contribution in [1.29, 1.82) is 0 Å². The molecule has 2 rings (SSSR count). The number of nitrogens with one attached hydrogen (secondary N) is 2. The highest BCUT2D eigenvalue weighted by Crippen LogP contribution is 2.27. The van der Waals surface area contributed by atoms with Gasteiger partial charge in [0.1, 0.15) is 0 Å². The molecule has 6 nitrogen and oxygen atoms in total. The molecule has 7 heteroatoms. The highest BCUT2D eigenvalue weighted by molar-refractivity contribution is 6.34. The lowest BCUT2D eigenvalue weighted by molar-refractivity contribution is -0.384. The van der Waals surface area contributed by atoms with Crippen LogP contribution in [0.4, 0.5) is 17.1 Å². The Kier molecular flexibility index (Phi) is 5.09. The zero-order valence-electron chi connectivity index (χ0n) is 13.6. The van der Waals surface area contributed by atoms with Gasteiger partial charge in [-0.3, -0.25) is 14.9 Å². The number of carbonyl (C=O) groups is 1. The largest absolute Gasteiger partial charge is 0.380 e. The van der Waals surface area contributed by atoms with Gasteiger partial charge < -0.3 is 10.6 Å². The molecule has 2 aromatic rings. The maximum atomic E-state index is 12.6. The third-order valence-corrected chi connectivity index (χ3v) is 3.42. The SMILES string of the molecule is CC(C)(C)Nc1ccc([N+](=O)[O-])cc1C(=O)Nc1ccccc1Cl. The summed E-state index contributed by atoms with van der Waals surface area (Å²) in [5, 5.41) is 17.3. The standard InChI is InChI=1S/C17H18ClN3O3/c1-17(2,3)20-14-9-8-11(21(23)24)10-12(14)16(22)19-15-7-5-4-6-13(15)18/h4-10,20H,1-3H3,(H,19,22). The van der Waals surface area contributed by atoms with Crippen LogP contribution < -0.4 is 10.6 Å². The van der Waals surface area contributed by atoms with E-state index in [9.17, 15) is 14.9 Å². The van der Waals surface area contributed by atoms with Crippen molar-refractivity contribution in [2.45, 2.75) is 26.3 Å². The summed E-state index contributed by atoms with van der Waals surface area (Å²) in [6.07, 6.45) is 0. The van der Waals surface area contributed by atoms with E-state index < -0.39 is 10.8 Å². The Morgan fingerprint density at radius 1 is 1.12 bits per heavy atom. The lowest BCUT2D eigenvalue weighted by Gasteiger charge is -2.24. The molecule has 0 aliphatic heterocycles. The van der Waals surface area contributed by atoms with Crippen molar-refractivity contribution in [3.63, 3.8) is 0 Å². The molecule has 0 heterocycles. The fourth-order valence-electron chi connectivity index (χ4n) is 2.10. The molecule has 0 saturated carbocycles. The molecular weight excluding hydrogens is 330 g/mol. The second kappa shape index (κ2) is 6.88. The number of rotatable bonds is 4. The number of non-ortho nitro benzene ring substituents is 1. The van der Waals surface area contributed by atoms with Gasteiger partial charge in [0.05, 0.1) is 21.2 Å². The molecule has 0 radical (unpaired) electrons. The van der Waals surface area contributed by atoms with E-state index in [0.717, 1.165) is 0 Å². The van der Waals surface area contributed by atoms with Gasteiger partial charge in [0.25, 0.3) is 11.6 Å². The van der Waals surface area contributed by atoms with E-state index in [1.54, 1.807) is 24.3 Å². The van der Waals surface area contributed by atoms with Gasteiger partial charge in [-0.05, 0) is 39.0 Å². The fourth-order valence-corrected chi connectivity index (χ4v) is 2.28. The third kappa shape index (κ3) is 4.45. The molecule has 0 atom stereocenters. The highest BCUT2D eigenvalue weighted by Gasteiger charge is 2.20. The van der Waals surface area contributed by atoms with Crippen LogP contribution in [0.5, 0.6) is 0 Å². The molecule has 0 spiro atoms. The first-order valence-electron chi connectivity index (χ1n) is 7.30. The highest BCUT2D eigenvalue weighted by atomic mass is 35.5. The first-order valence-corrected chi connectivity index (χ1v) is 7.68. The molecule has 0 saturated heterocycles. The minimum absolute atomic E-state index is 0.154. The van der Waals surface area contributed by atoms with Crippen LogP contribution in [0.15, 0.2) is 42.5 Å². The monoisotopic (exact) mass is 347 g/mol. The second-order valence-corrected chi connectivity index (χ2v) is 6.70. The van der Waals surface area contributed by atoms with Gasteiger partial charge in [0.15, 0.2) is 0 Å². The molecule has 2 aromatic carbocycles. The summed E-state index contributed by atoms with van der Waals surface area (Å²) >= 11 is 6.05. The van der Waals surface area contributed by atoms with Gasteiger partial charge in [0, 0.05) is 23.4 Å². The van der Waals surface area contributed by atoms with E-state index in [4.69, 9.17) is 11.6 Å². The number of nitro groups is 1. The van der Waals surface area contributed by atoms with E-state index in [1.807, 2.05) is 20.8 Å². The number of benzene rings is 2. The van der Waals surface area contributed by atoms with E-state index in [-0.39, 0.29) is 16.8 Å². The molecule has 0 fully saturated rings. The van der Waals surface area contributed by atoms with Crippen molar-refractivity contribution in [1.82, 2.24) is 0 Å². The van der Waals surface area contributed by atoms with E-state index in [1.165, 1.54) is 18.2 Å². The van der Waals surface area contributed by atoms with Crippen LogP contribution in [0.2, 0.25) is 5.02 Å². The van der Waals surface area contributed by atoms with Gasteiger partial charge in [0.2, 0.25) is 0 Å². The number of carbonyl (C=O) groups excluding carboxylic acids is 1. The Balaban J connectivity index is 2.41. The number of para-hydroxylation sites is 1. The van der Waals surface area contributed by atoms with Crippen molar-refractivity contribution in [2.24, 2.45) is 0 Å². The number of hydrogen-bond donors (Lipinski definition) is 2. The van der Waals surface area contributed by atoms with Crippen LogP contribution in [0.3, 0.4) is 0 Å². The lowest BCUT2D eigenvalue weighted by atomic mass is 10.1. The first-order chi connectivity index (χ1) is 11.2. The zero-order valence-corrected chi connectivity index (χ0v) is 14.3. The third-order valence-electron chi connectivity index (χ3n) is 3.09. The number of nitrogens with zero attached hydrogens (tertiary/aromatic N) is 1. The van der Waals surface area contributed by atoms with Crippen LogP contribution in [0.1, 0.15) is 31.1 Å². The predicted molar refractivity (Wildman–Crippen MR) is 95.9 cm³/mol. The van der Waals surface area contributed by atoms with E-state index in [0.29, 0.717) is 16.4 Å². The maximum Gasteiger partial charge on any atom is 0.270 e. The molecule has 1 amide bonds. The van der Waals surface area contributed by atoms with Crippen molar-refractivity contribution in [3.8, 4) is 0 Å². The Bertz CT molecular complexity index is 785. The number of amides is 1. The summed E-state index contributed by atoms with van der Waals surface area (Å²) in [5.74, 6) is -0.474. The average Bonchev–Trinajstić information content (AvgIpc) is 2.48. The summed E-state index contributed by atoms with van der Waals surface area (Å²) < 4.78 is 0. The number of anilines is 2. The zero-order chi connectivity index (χ0) is 17.9. The molecule has 0 aliphatic rings. The van der Waals surface area contributed by atoms with Crippen molar-refractivity contribution in [3.05, 3.63) is 63.2 Å². The van der Waals surface area contributed by atoms with Crippen LogP contribution in [0.25, 0.3) is 0 Å². The van der Waals surface area contributed by atoms with Crippen LogP contribution in [-0.2, 0) is 0 Å². The van der Waals surface area contributed by atoms with Crippen molar-refractivity contribution < 1.29 is 9.72 Å². The molecule has 126 valence electrons. The molecule has 2 N–H and O–H groups in total. The Morgan fingerprint density at radius 2 is 1.79 bits per heavy atom.